The van der Waals surface area contributed by atoms with Gasteiger partial charge < -0.3 is 10.1 Å². The van der Waals surface area contributed by atoms with Crippen LogP contribution in [0.25, 0.3) is 10.8 Å². The van der Waals surface area contributed by atoms with Crippen LogP contribution in [0.2, 0.25) is 0 Å². The van der Waals surface area contributed by atoms with E-state index in [1.165, 1.54) is 0 Å². The summed E-state index contributed by atoms with van der Waals surface area (Å²) in [5.41, 5.74) is 0.956. The molecule has 0 saturated carbocycles. The Balaban J connectivity index is 0.00000192. The zero-order chi connectivity index (χ0) is 15.2. The molecule has 0 spiro atoms. The molecule has 0 radical (unpaired) electrons. The number of benzene rings is 1. The van der Waals surface area contributed by atoms with Gasteiger partial charge in [0.15, 0.2) is 0 Å². The van der Waals surface area contributed by atoms with Gasteiger partial charge in [-0.2, -0.15) is 0 Å². The number of aromatic nitrogens is 2. The average Bonchev–Trinajstić information content (AvgIpc) is 2.57. The lowest BCUT2D eigenvalue weighted by Crippen LogP contribution is -1.99. The van der Waals surface area contributed by atoms with Crippen molar-refractivity contribution in [1.82, 2.24) is 9.97 Å². The predicted molar refractivity (Wildman–Crippen MR) is 92.6 cm³/mol. The third-order valence-corrected chi connectivity index (χ3v) is 3.20. The Morgan fingerprint density at radius 2 is 1.96 bits per heavy atom. The summed E-state index contributed by atoms with van der Waals surface area (Å²) in [6, 6.07) is 11.7. The van der Waals surface area contributed by atoms with Gasteiger partial charge >= 0.3 is 0 Å². The molecule has 0 aliphatic rings. The number of fused-ring (bicyclic) bond motifs is 1. The lowest BCUT2D eigenvalue weighted by molar-refractivity contribution is 0.289. The summed E-state index contributed by atoms with van der Waals surface area (Å²) in [4.78, 5) is 8.39. The van der Waals surface area contributed by atoms with Crippen LogP contribution in [0, 0.1) is 0 Å². The molecule has 2 aromatic heterocycles. The molecule has 0 bridgehead atoms. The lowest BCUT2D eigenvalue weighted by Gasteiger charge is -2.08. The van der Waals surface area contributed by atoms with E-state index in [1.807, 2.05) is 42.6 Å². The molecule has 0 aliphatic carbocycles. The highest BCUT2D eigenvalue weighted by Gasteiger charge is 2.00. The fourth-order valence-corrected chi connectivity index (χ4v) is 2.09. The molecule has 0 aliphatic heterocycles. The largest absolute Gasteiger partial charge is 0.492 e. The molecule has 0 amide bonds. The summed E-state index contributed by atoms with van der Waals surface area (Å²) in [5.74, 6) is 1.37. The van der Waals surface area contributed by atoms with E-state index in [0.29, 0.717) is 18.8 Å². The van der Waals surface area contributed by atoms with Crippen LogP contribution in [0.5, 0.6) is 5.75 Å². The third-order valence-electron chi connectivity index (χ3n) is 3.20. The van der Waals surface area contributed by atoms with Crippen molar-refractivity contribution in [2.24, 2.45) is 0 Å². The maximum absolute atomic E-state index is 12.0. The van der Waals surface area contributed by atoms with Crippen molar-refractivity contribution in [2.45, 2.75) is 6.42 Å². The number of anilines is 2. The van der Waals surface area contributed by atoms with Gasteiger partial charge in [0.05, 0.1) is 19.5 Å². The first-order chi connectivity index (χ1) is 10.8. The van der Waals surface area contributed by atoms with Gasteiger partial charge in [0.1, 0.15) is 11.6 Å². The summed E-state index contributed by atoms with van der Waals surface area (Å²) in [7, 11) is 0. The van der Waals surface area contributed by atoms with Gasteiger partial charge in [-0.3, -0.25) is 9.37 Å². The third kappa shape index (κ3) is 4.53. The first-order valence-corrected chi connectivity index (χ1v) is 7.11. The maximum atomic E-state index is 12.0. The van der Waals surface area contributed by atoms with E-state index in [4.69, 9.17) is 4.74 Å². The Morgan fingerprint density at radius 3 is 2.74 bits per heavy atom. The number of alkyl halides is 1. The van der Waals surface area contributed by atoms with Gasteiger partial charge in [-0.05, 0) is 35.7 Å². The summed E-state index contributed by atoms with van der Waals surface area (Å²) in [5, 5.41) is 5.46. The van der Waals surface area contributed by atoms with Crippen molar-refractivity contribution in [3.63, 3.8) is 0 Å². The second kappa shape index (κ2) is 8.29. The van der Waals surface area contributed by atoms with E-state index in [2.05, 4.69) is 15.3 Å². The van der Waals surface area contributed by atoms with Gasteiger partial charge in [0.2, 0.25) is 0 Å². The molecule has 1 N–H and O–H groups in total. The van der Waals surface area contributed by atoms with Crippen LogP contribution in [0.15, 0.2) is 55.0 Å². The Morgan fingerprint density at radius 1 is 1.04 bits per heavy atom. The van der Waals surface area contributed by atoms with E-state index in [-0.39, 0.29) is 19.1 Å². The number of ether oxygens (including phenoxy) is 1. The SMILES string of the molecule is Cl.FCCCOc1ccc(Nc2ccc3cnccc3c2)nc1. The molecule has 0 fully saturated rings. The minimum atomic E-state index is -0.370. The molecule has 0 atom stereocenters. The van der Waals surface area contributed by atoms with Gasteiger partial charge in [-0.1, -0.05) is 6.07 Å². The number of pyridine rings is 2. The van der Waals surface area contributed by atoms with Crippen molar-refractivity contribution < 1.29 is 9.13 Å². The summed E-state index contributed by atoms with van der Waals surface area (Å²) >= 11 is 0. The van der Waals surface area contributed by atoms with Gasteiger partial charge in [0.25, 0.3) is 0 Å². The predicted octanol–water partition coefficient (Wildman–Crippen LogP) is 4.53. The lowest BCUT2D eigenvalue weighted by atomic mass is 10.1. The molecule has 1 aromatic carbocycles. The Hall–Kier alpha value is -2.40. The van der Waals surface area contributed by atoms with Crippen molar-refractivity contribution >= 4 is 34.7 Å². The van der Waals surface area contributed by atoms with Crippen molar-refractivity contribution in [1.29, 1.82) is 0 Å². The number of nitrogens with zero attached hydrogens (tertiary/aromatic N) is 2. The number of rotatable bonds is 6. The molecule has 6 heteroatoms. The van der Waals surface area contributed by atoms with E-state index >= 15 is 0 Å². The molecule has 2 heterocycles. The Kier molecular flexibility index (Phi) is 6.11. The van der Waals surface area contributed by atoms with Crippen LogP contribution in [0.3, 0.4) is 0 Å². The number of nitrogens with one attached hydrogen (secondary N) is 1. The van der Waals surface area contributed by atoms with Crippen molar-refractivity contribution in [3.05, 3.63) is 55.0 Å². The zero-order valence-corrected chi connectivity index (χ0v) is 13.2. The minimum Gasteiger partial charge on any atom is -0.492 e. The highest BCUT2D eigenvalue weighted by atomic mass is 35.5. The smallest absolute Gasteiger partial charge is 0.137 e. The Bertz CT molecular complexity index is 752. The molecule has 4 nitrogen and oxygen atoms in total. The molecule has 3 aromatic rings. The average molecular weight is 334 g/mol. The van der Waals surface area contributed by atoms with Crippen LogP contribution in [0.1, 0.15) is 6.42 Å². The van der Waals surface area contributed by atoms with E-state index in [9.17, 15) is 4.39 Å². The fraction of sp³-hybridized carbons (Fsp3) is 0.176. The first kappa shape index (κ1) is 17.0. The molecule has 23 heavy (non-hydrogen) atoms. The topological polar surface area (TPSA) is 47.0 Å². The fourth-order valence-electron chi connectivity index (χ4n) is 2.09. The number of hydrogen-bond acceptors (Lipinski definition) is 4. The monoisotopic (exact) mass is 333 g/mol. The molecular formula is C17H17ClFN3O. The van der Waals surface area contributed by atoms with Crippen LogP contribution in [0.4, 0.5) is 15.9 Å². The van der Waals surface area contributed by atoms with Crippen molar-refractivity contribution in [2.75, 3.05) is 18.6 Å². The number of halogens is 2. The van der Waals surface area contributed by atoms with Gasteiger partial charge in [-0.25, -0.2) is 4.98 Å². The highest BCUT2D eigenvalue weighted by Crippen LogP contribution is 2.21. The molecule has 120 valence electrons. The molecule has 3 rings (SSSR count). The minimum absolute atomic E-state index is 0. The van der Waals surface area contributed by atoms with E-state index < -0.39 is 0 Å². The second-order valence-corrected chi connectivity index (χ2v) is 4.83. The van der Waals surface area contributed by atoms with Crippen LogP contribution >= 0.6 is 12.4 Å². The zero-order valence-electron chi connectivity index (χ0n) is 12.4. The summed E-state index contributed by atoms with van der Waals surface area (Å²) in [6.07, 6.45) is 5.63. The van der Waals surface area contributed by atoms with E-state index in [0.717, 1.165) is 22.3 Å². The summed E-state index contributed by atoms with van der Waals surface area (Å²) < 4.78 is 17.4. The normalized spacial score (nSPS) is 10.1. The van der Waals surface area contributed by atoms with Crippen LogP contribution in [-0.2, 0) is 0 Å². The van der Waals surface area contributed by atoms with Gasteiger partial charge in [0, 0.05) is 29.9 Å². The standard InChI is InChI=1S/C17H16FN3O.ClH/c18-7-1-9-22-16-4-5-17(20-12-16)21-15-3-2-14-11-19-8-6-13(14)10-15;/h2-6,8,10-12H,1,7,9H2,(H,20,21);1H. The molecule has 0 unspecified atom stereocenters. The second-order valence-electron chi connectivity index (χ2n) is 4.83. The molecule has 0 saturated heterocycles. The van der Waals surface area contributed by atoms with Crippen LogP contribution < -0.4 is 10.1 Å². The quantitative estimate of drug-likeness (QED) is 0.673. The highest BCUT2D eigenvalue weighted by molar-refractivity contribution is 5.85. The van der Waals surface area contributed by atoms with Gasteiger partial charge in [-0.15, -0.1) is 12.4 Å². The van der Waals surface area contributed by atoms with E-state index in [1.54, 1.807) is 12.4 Å². The number of hydrogen-bond donors (Lipinski definition) is 1. The Labute approximate surface area is 140 Å². The maximum Gasteiger partial charge on any atom is 0.137 e. The molecular weight excluding hydrogens is 317 g/mol. The summed E-state index contributed by atoms with van der Waals surface area (Å²) in [6.45, 7) is -0.00574. The van der Waals surface area contributed by atoms with Crippen molar-refractivity contribution in [3.8, 4) is 5.75 Å². The van der Waals surface area contributed by atoms with Crippen LogP contribution in [-0.4, -0.2) is 23.2 Å². The first-order valence-electron chi connectivity index (χ1n) is 7.11.